The van der Waals surface area contributed by atoms with Crippen molar-refractivity contribution in [2.45, 2.75) is 13.0 Å². The van der Waals surface area contributed by atoms with E-state index in [4.69, 9.17) is 6.42 Å². The molecular formula is C10H10N4. The maximum atomic E-state index is 5.28. The van der Waals surface area contributed by atoms with Crippen LogP contribution >= 0.6 is 0 Å². The highest BCUT2D eigenvalue weighted by Gasteiger charge is 2.04. The zero-order chi connectivity index (χ0) is 9.97. The van der Waals surface area contributed by atoms with Gasteiger partial charge in [-0.2, -0.15) is 5.10 Å². The summed E-state index contributed by atoms with van der Waals surface area (Å²) in [5.41, 5.74) is 0.926. The molecule has 2 aromatic rings. The van der Waals surface area contributed by atoms with Crippen molar-refractivity contribution in [1.29, 1.82) is 0 Å². The Bertz CT molecular complexity index is 480. The van der Waals surface area contributed by atoms with Gasteiger partial charge in [-0.3, -0.25) is 0 Å². The first-order valence-electron chi connectivity index (χ1n) is 4.32. The second kappa shape index (κ2) is 3.38. The van der Waals surface area contributed by atoms with Crippen LogP contribution in [0.5, 0.6) is 0 Å². The maximum Gasteiger partial charge on any atom is 0.153 e. The van der Waals surface area contributed by atoms with Crippen LogP contribution in [0.1, 0.15) is 6.92 Å². The van der Waals surface area contributed by atoms with Gasteiger partial charge in [0.25, 0.3) is 0 Å². The first-order valence-corrected chi connectivity index (χ1v) is 4.32. The summed E-state index contributed by atoms with van der Waals surface area (Å²) in [7, 11) is 0. The number of rotatable bonds is 2. The Balaban J connectivity index is 2.42. The van der Waals surface area contributed by atoms with Crippen molar-refractivity contribution >= 4 is 11.3 Å². The SMILES string of the molecule is C#CC(C)Nc1nccn2nccc12. The standard InChI is InChI=1S/C10H10N4/c1-3-8(2)13-10-9-4-5-12-14(9)7-6-11-10/h1,4-8H,2H3,(H,11,13). The molecule has 0 aliphatic heterocycles. The molecule has 1 unspecified atom stereocenters. The molecule has 1 N–H and O–H groups in total. The molecule has 0 aliphatic carbocycles. The van der Waals surface area contributed by atoms with Crippen LogP contribution in [0, 0.1) is 12.3 Å². The normalized spacial score (nSPS) is 12.3. The summed E-state index contributed by atoms with van der Waals surface area (Å²) >= 11 is 0. The molecule has 14 heavy (non-hydrogen) atoms. The fraction of sp³-hybridized carbons (Fsp3) is 0.200. The summed E-state index contributed by atoms with van der Waals surface area (Å²) in [5, 5.41) is 7.21. The highest BCUT2D eigenvalue weighted by Crippen LogP contribution is 2.12. The molecule has 4 heteroatoms. The smallest absolute Gasteiger partial charge is 0.153 e. The van der Waals surface area contributed by atoms with Gasteiger partial charge in [0.1, 0.15) is 5.52 Å². The van der Waals surface area contributed by atoms with Gasteiger partial charge in [-0.25, -0.2) is 9.50 Å². The summed E-state index contributed by atoms with van der Waals surface area (Å²) in [6.45, 7) is 1.90. The van der Waals surface area contributed by atoms with E-state index in [-0.39, 0.29) is 6.04 Å². The summed E-state index contributed by atoms with van der Waals surface area (Å²) in [6.07, 6.45) is 10.5. The number of terminal acetylenes is 1. The fourth-order valence-corrected chi connectivity index (χ4v) is 1.22. The quantitative estimate of drug-likeness (QED) is 0.716. The number of nitrogens with zero attached hydrogens (tertiary/aromatic N) is 3. The van der Waals surface area contributed by atoms with E-state index in [1.807, 2.05) is 13.0 Å². The molecule has 0 saturated heterocycles. The molecule has 2 aromatic heterocycles. The monoisotopic (exact) mass is 186 g/mol. The van der Waals surface area contributed by atoms with Gasteiger partial charge in [0.2, 0.25) is 0 Å². The molecule has 0 saturated carbocycles. The van der Waals surface area contributed by atoms with Crippen LogP contribution in [0.25, 0.3) is 5.52 Å². The Labute approximate surface area is 82.0 Å². The summed E-state index contributed by atoms with van der Waals surface area (Å²) in [6, 6.07) is 1.85. The molecule has 0 fully saturated rings. The second-order valence-electron chi connectivity index (χ2n) is 2.97. The van der Waals surface area contributed by atoms with Crippen molar-refractivity contribution in [3.05, 3.63) is 24.7 Å². The summed E-state index contributed by atoms with van der Waals surface area (Å²) in [5.74, 6) is 3.35. The largest absolute Gasteiger partial charge is 0.355 e. The van der Waals surface area contributed by atoms with Crippen LogP contribution in [0.15, 0.2) is 24.7 Å². The summed E-state index contributed by atoms with van der Waals surface area (Å²) < 4.78 is 1.75. The maximum absolute atomic E-state index is 5.28. The van der Waals surface area contributed by atoms with Crippen LogP contribution in [0.2, 0.25) is 0 Å². The second-order valence-corrected chi connectivity index (χ2v) is 2.97. The molecule has 0 spiro atoms. The highest BCUT2D eigenvalue weighted by atomic mass is 15.2. The molecule has 0 aromatic carbocycles. The van der Waals surface area contributed by atoms with Crippen LogP contribution in [-0.4, -0.2) is 20.6 Å². The van der Waals surface area contributed by atoms with Crippen molar-refractivity contribution in [1.82, 2.24) is 14.6 Å². The molecule has 0 radical (unpaired) electrons. The average molecular weight is 186 g/mol. The minimum absolute atomic E-state index is 0.0383. The van der Waals surface area contributed by atoms with Gasteiger partial charge in [0.15, 0.2) is 5.82 Å². The topological polar surface area (TPSA) is 42.2 Å². The average Bonchev–Trinajstić information content (AvgIpc) is 2.66. The van der Waals surface area contributed by atoms with Gasteiger partial charge in [0, 0.05) is 12.4 Å². The third kappa shape index (κ3) is 1.40. The molecule has 4 nitrogen and oxygen atoms in total. The van der Waals surface area contributed by atoms with Crippen molar-refractivity contribution in [2.75, 3.05) is 5.32 Å². The minimum atomic E-state index is -0.0383. The number of hydrogen-bond donors (Lipinski definition) is 1. The number of fused-ring (bicyclic) bond motifs is 1. The zero-order valence-corrected chi connectivity index (χ0v) is 7.81. The van der Waals surface area contributed by atoms with Crippen molar-refractivity contribution in [2.24, 2.45) is 0 Å². The lowest BCUT2D eigenvalue weighted by Gasteiger charge is -2.08. The van der Waals surface area contributed by atoms with Gasteiger partial charge in [-0.05, 0) is 13.0 Å². The Morgan fingerprint density at radius 3 is 3.21 bits per heavy atom. The van der Waals surface area contributed by atoms with E-state index in [1.54, 1.807) is 23.1 Å². The number of hydrogen-bond acceptors (Lipinski definition) is 3. The van der Waals surface area contributed by atoms with Gasteiger partial charge >= 0.3 is 0 Å². The molecule has 1 atom stereocenters. The Morgan fingerprint density at radius 1 is 1.57 bits per heavy atom. The fourth-order valence-electron chi connectivity index (χ4n) is 1.22. The van der Waals surface area contributed by atoms with Gasteiger partial charge in [-0.15, -0.1) is 6.42 Å². The van der Waals surface area contributed by atoms with Crippen LogP contribution in [-0.2, 0) is 0 Å². The highest BCUT2D eigenvalue weighted by molar-refractivity contribution is 5.67. The number of anilines is 1. The van der Waals surface area contributed by atoms with E-state index in [9.17, 15) is 0 Å². The molecular weight excluding hydrogens is 176 g/mol. The van der Waals surface area contributed by atoms with E-state index in [0.29, 0.717) is 0 Å². The Kier molecular flexibility index (Phi) is 2.07. The van der Waals surface area contributed by atoms with Crippen LogP contribution < -0.4 is 5.32 Å². The lowest BCUT2D eigenvalue weighted by Crippen LogP contribution is -2.13. The van der Waals surface area contributed by atoms with E-state index in [2.05, 4.69) is 21.3 Å². The minimum Gasteiger partial charge on any atom is -0.355 e. The van der Waals surface area contributed by atoms with E-state index in [1.165, 1.54) is 0 Å². The van der Waals surface area contributed by atoms with Gasteiger partial charge < -0.3 is 5.32 Å². The van der Waals surface area contributed by atoms with Gasteiger partial charge in [0.05, 0.1) is 12.2 Å². The predicted molar refractivity (Wildman–Crippen MR) is 54.9 cm³/mol. The third-order valence-corrected chi connectivity index (χ3v) is 1.93. The lowest BCUT2D eigenvalue weighted by atomic mass is 10.3. The molecule has 0 aliphatic rings. The predicted octanol–water partition coefficient (Wildman–Crippen LogP) is 1.16. The van der Waals surface area contributed by atoms with Crippen molar-refractivity contribution in [3.63, 3.8) is 0 Å². The number of aromatic nitrogens is 3. The van der Waals surface area contributed by atoms with E-state index >= 15 is 0 Å². The molecule has 2 rings (SSSR count). The number of nitrogens with one attached hydrogen (secondary N) is 1. The molecule has 2 heterocycles. The van der Waals surface area contributed by atoms with Crippen LogP contribution in [0.3, 0.4) is 0 Å². The zero-order valence-electron chi connectivity index (χ0n) is 7.81. The van der Waals surface area contributed by atoms with E-state index in [0.717, 1.165) is 11.3 Å². The van der Waals surface area contributed by atoms with Crippen LogP contribution in [0.4, 0.5) is 5.82 Å². The summed E-state index contributed by atoms with van der Waals surface area (Å²) in [4.78, 5) is 4.20. The third-order valence-electron chi connectivity index (χ3n) is 1.93. The van der Waals surface area contributed by atoms with E-state index < -0.39 is 0 Å². The van der Waals surface area contributed by atoms with Gasteiger partial charge in [-0.1, -0.05) is 5.92 Å². The Hall–Kier alpha value is -2.02. The lowest BCUT2D eigenvalue weighted by molar-refractivity contribution is 0.934. The first kappa shape index (κ1) is 8.57. The molecule has 70 valence electrons. The van der Waals surface area contributed by atoms with Crippen molar-refractivity contribution in [3.8, 4) is 12.3 Å². The molecule has 0 bridgehead atoms. The van der Waals surface area contributed by atoms with Crippen molar-refractivity contribution < 1.29 is 0 Å². The molecule has 0 amide bonds. The Morgan fingerprint density at radius 2 is 2.43 bits per heavy atom. The first-order chi connectivity index (χ1) is 6.81.